The Morgan fingerprint density at radius 1 is 1.06 bits per heavy atom. The summed E-state index contributed by atoms with van der Waals surface area (Å²) in [6, 6.07) is -0.925. The summed E-state index contributed by atoms with van der Waals surface area (Å²) in [6.07, 6.45) is 2.52. The zero-order valence-corrected chi connectivity index (χ0v) is 20.3. The molecule has 1 fully saturated rings. The molecule has 1 rings (SSSR count). The second-order valence-corrected chi connectivity index (χ2v) is 9.20. The van der Waals surface area contributed by atoms with Crippen molar-refractivity contribution in [3.8, 4) is 0 Å². The molecule has 3 N–H and O–H groups in total. The van der Waals surface area contributed by atoms with Gasteiger partial charge in [-0.1, -0.05) is 34.1 Å². The van der Waals surface area contributed by atoms with E-state index in [0.29, 0.717) is 11.8 Å². The van der Waals surface area contributed by atoms with Crippen LogP contribution < -0.4 is 11.2 Å². The Morgan fingerprint density at radius 2 is 1.66 bits per heavy atom. The molecule has 0 saturated heterocycles. The highest BCUT2D eigenvalue weighted by Crippen LogP contribution is 2.36. The van der Waals surface area contributed by atoms with Gasteiger partial charge in [-0.3, -0.25) is 14.4 Å². The highest BCUT2D eigenvalue weighted by atomic mass is 16.5. The zero-order chi connectivity index (χ0) is 24.6. The van der Waals surface area contributed by atoms with E-state index in [1.807, 2.05) is 0 Å². The summed E-state index contributed by atoms with van der Waals surface area (Å²) in [5.74, 6) is -3.51. The summed E-state index contributed by atoms with van der Waals surface area (Å²) < 4.78 is 11.4. The summed E-state index contributed by atoms with van der Waals surface area (Å²) in [7, 11) is 0. The molecule has 0 heterocycles. The van der Waals surface area contributed by atoms with E-state index in [1.165, 1.54) is 13.8 Å². The van der Waals surface area contributed by atoms with E-state index >= 15 is 0 Å². The summed E-state index contributed by atoms with van der Waals surface area (Å²) in [5.41, 5.74) is 7.13. The van der Waals surface area contributed by atoms with Crippen LogP contribution in [0.2, 0.25) is 0 Å². The van der Waals surface area contributed by atoms with Crippen molar-refractivity contribution in [2.75, 3.05) is 6.61 Å². The fraction of sp³-hybridized carbons (Fsp3) is 0.783. The monoisotopic (exact) mass is 453 g/mol. The number of carbonyl (C=O) groups excluding carboxylic acids is 4. The molecule has 182 valence electrons. The third kappa shape index (κ3) is 7.60. The number of primary amides is 1. The van der Waals surface area contributed by atoms with Crippen LogP contribution in [-0.4, -0.2) is 42.2 Å². The Balaban J connectivity index is 3.21. The first-order valence-electron chi connectivity index (χ1n) is 11.4. The Kier molecular flexibility index (Phi) is 10.8. The van der Waals surface area contributed by atoms with Gasteiger partial charge < -0.3 is 15.2 Å². The molecule has 2 amide bonds. The van der Waals surface area contributed by atoms with Crippen molar-refractivity contribution in [2.24, 2.45) is 46.3 Å². The SMILES string of the molecule is CCO/C(=N/NC(N)=O)[C@@H](C(C)=O)[C@@H](C)[C@@H](C(C)=O)C(=O)O[C@@H]1C[C@H](C)CC[C@@H]1C(C)C. The topological polar surface area (TPSA) is 137 Å². The number of esters is 1. The predicted octanol–water partition coefficient (Wildman–Crippen LogP) is 3.06. The number of hydrazone groups is 1. The van der Waals surface area contributed by atoms with E-state index in [2.05, 4.69) is 31.3 Å². The number of ketones is 2. The minimum Gasteiger partial charge on any atom is -0.479 e. The molecule has 32 heavy (non-hydrogen) atoms. The van der Waals surface area contributed by atoms with E-state index in [-0.39, 0.29) is 30.3 Å². The number of nitrogens with zero attached hydrogens (tertiary/aromatic N) is 1. The fourth-order valence-electron chi connectivity index (χ4n) is 4.63. The number of hydrogen-bond donors (Lipinski definition) is 2. The lowest BCUT2D eigenvalue weighted by molar-refractivity contribution is -0.165. The van der Waals surface area contributed by atoms with Gasteiger partial charge in [0.1, 0.15) is 23.6 Å². The maximum absolute atomic E-state index is 13.2. The number of hydrogen-bond acceptors (Lipinski definition) is 7. The van der Waals surface area contributed by atoms with Crippen molar-refractivity contribution in [1.29, 1.82) is 0 Å². The summed E-state index contributed by atoms with van der Waals surface area (Å²) >= 11 is 0. The lowest BCUT2D eigenvalue weighted by Crippen LogP contribution is -2.44. The van der Waals surface area contributed by atoms with Crippen molar-refractivity contribution in [2.45, 2.75) is 73.8 Å². The highest BCUT2D eigenvalue weighted by Gasteiger charge is 2.43. The molecule has 0 spiro atoms. The van der Waals surface area contributed by atoms with Gasteiger partial charge >= 0.3 is 12.0 Å². The van der Waals surface area contributed by atoms with Crippen LogP contribution in [0.25, 0.3) is 0 Å². The molecule has 1 saturated carbocycles. The third-order valence-electron chi connectivity index (χ3n) is 6.24. The van der Waals surface area contributed by atoms with E-state index in [4.69, 9.17) is 15.2 Å². The lowest BCUT2D eigenvalue weighted by Gasteiger charge is -2.38. The van der Waals surface area contributed by atoms with E-state index in [0.717, 1.165) is 19.3 Å². The first-order valence-corrected chi connectivity index (χ1v) is 11.4. The predicted molar refractivity (Wildman–Crippen MR) is 121 cm³/mol. The Morgan fingerprint density at radius 3 is 2.12 bits per heavy atom. The van der Waals surface area contributed by atoms with Crippen LogP contribution in [0.1, 0.15) is 67.7 Å². The minimum atomic E-state index is -1.17. The van der Waals surface area contributed by atoms with Crippen LogP contribution in [0.4, 0.5) is 4.79 Å². The van der Waals surface area contributed by atoms with E-state index in [1.54, 1.807) is 13.8 Å². The normalized spacial score (nSPS) is 24.2. The van der Waals surface area contributed by atoms with Gasteiger partial charge in [-0.2, -0.15) is 0 Å². The Bertz CT molecular complexity index is 721. The number of urea groups is 1. The average molecular weight is 454 g/mol. The number of rotatable bonds is 10. The van der Waals surface area contributed by atoms with Gasteiger partial charge in [-0.05, 0) is 57.3 Å². The van der Waals surface area contributed by atoms with Crippen LogP contribution in [0.3, 0.4) is 0 Å². The van der Waals surface area contributed by atoms with Crippen LogP contribution in [-0.2, 0) is 23.9 Å². The average Bonchev–Trinajstić information content (AvgIpc) is 2.65. The Labute approximate surface area is 190 Å². The number of nitrogens with one attached hydrogen (secondary N) is 1. The van der Waals surface area contributed by atoms with Crippen molar-refractivity contribution < 1.29 is 28.7 Å². The molecular formula is C23H39N3O6. The standard InChI is InChI=1S/C23H39N3O6/c1-8-31-21(25-26-23(24)30)19(15(6)27)14(5)20(16(7)28)22(29)32-18-11-13(4)9-10-17(18)12(2)3/h12-14,17-20H,8-11H2,1-7H3,(H3,24,26,30)/b25-21+/t13-,14-,17-,18-,19-,20+/m1/s1. The molecule has 0 aromatic heterocycles. The van der Waals surface area contributed by atoms with Gasteiger partial charge in [-0.25, -0.2) is 10.2 Å². The molecule has 1 aliphatic rings. The minimum absolute atomic E-state index is 0.100. The molecule has 0 radical (unpaired) electrons. The first-order chi connectivity index (χ1) is 14.9. The van der Waals surface area contributed by atoms with Crippen LogP contribution in [0.5, 0.6) is 0 Å². The maximum atomic E-state index is 13.2. The molecule has 0 aliphatic heterocycles. The molecule has 9 nitrogen and oxygen atoms in total. The van der Waals surface area contributed by atoms with Crippen molar-refractivity contribution >= 4 is 29.5 Å². The van der Waals surface area contributed by atoms with Gasteiger partial charge in [0.15, 0.2) is 0 Å². The van der Waals surface area contributed by atoms with Crippen LogP contribution in [0.15, 0.2) is 5.10 Å². The van der Waals surface area contributed by atoms with Crippen molar-refractivity contribution in [3.05, 3.63) is 0 Å². The van der Waals surface area contributed by atoms with Crippen molar-refractivity contribution in [1.82, 2.24) is 5.43 Å². The molecule has 0 unspecified atom stereocenters. The molecule has 6 atom stereocenters. The van der Waals surface area contributed by atoms with Gasteiger partial charge in [0.05, 0.1) is 12.5 Å². The summed E-state index contributed by atoms with van der Waals surface area (Å²) in [4.78, 5) is 49.3. The van der Waals surface area contributed by atoms with Crippen LogP contribution >= 0.6 is 0 Å². The van der Waals surface area contributed by atoms with Crippen molar-refractivity contribution in [3.63, 3.8) is 0 Å². The first kappa shape index (κ1) is 27.6. The van der Waals surface area contributed by atoms with Gasteiger partial charge in [-0.15, -0.1) is 5.10 Å². The molecular weight excluding hydrogens is 414 g/mol. The zero-order valence-electron chi connectivity index (χ0n) is 20.3. The van der Waals surface area contributed by atoms with Gasteiger partial charge in [0.25, 0.3) is 0 Å². The number of Topliss-reactive ketones (excluding diaryl/α,β-unsaturated/α-hetero) is 2. The lowest BCUT2D eigenvalue weighted by atomic mass is 9.75. The Hall–Kier alpha value is -2.45. The summed E-state index contributed by atoms with van der Waals surface area (Å²) in [6.45, 7) is 12.4. The number of carbonyl (C=O) groups is 4. The number of nitrogens with two attached hydrogens (primary N) is 1. The van der Waals surface area contributed by atoms with Crippen LogP contribution in [0, 0.1) is 35.5 Å². The third-order valence-corrected chi connectivity index (χ3v) is 6.24. The molecule has 0 aromatic rings. The molecule has 9 heteroatoms. The highest BCUT2D eigenvalue weighted by molar-refractivity contribution is 6.04. The number of ether oxygens (including phenoxy) is 2. The molecule has 1 aliphatic carbocycles. The van der Waals surface area contributed by atoms with E-state index < -0.39 is 35.5 Å². The number of amides is 2. The maximum Gasteiger partial charge on any atom is 0.332 e. The molecule has 0 aromatic carbocycles. The van der Waals surface area contributed by atoms with Gasteiger partial charge in [0, 0.05) is 0 Å². The fourth-order valence-corrected chi connectivity index (χ4v) is 4.63. The molecule has 0 bridgehead atoms. The van der Waals surface area contributed by atoms with E-state index in [9.17, 15) is 19.2 Å². The second kappa shape index (κ2) is 12.6. The smallest absolute Gasteiger partial charge is 0.332 e. The van der Waals surface area contributed by atoms with Gasteiger partial charge in [0.2, 0.25) is 5.90 Å². The largest absolute Gasteiger partial charge is 0.479 e. The quantitative estimate of drug-likeness (QED) is 0.171. The second-order valence-electron chi connectivity index (χ2n) is 9.20. The summed E-state index contributed by atoms with van der Waals surface area (Å²) in [5, 5.41) is 3.80.